The molecule has 0 spiro atoms. The number of benzene rings is 1. The van der Waals surface area contributed by atoms with Crippen LogP contribution in [0.15, 0.2) is 48.5 Å². The van der Waals surface area contributed by atoms with Gasteiger partial charge in [0.25, 0.3) is 0 Å². The van der Waals surface area contributed by atoms with Gasteiger partial charge in [-0.3, -0.25) is 0 Å². The second-order valence-corrected chi connectivity index (χ2v) is 5.75. The lowest BCUT2D eigenvalue weighted by Gasteiger charge is -2.16. The highest BCUT2D eigenvalue weighted by atomic mass is 16.4. The number of hydrogen-bond donors (Lipinski definition) is 3. The van der Waals surface area contributed by atoms with Gasteiger partial charge in [-0.15, -0.1) is 0 Å². The quantitative estimate of drug-likeness (QED) is 0.762. The number of aliphatic hydroxyl groups excluding tert-OH is 1. The Morgan fingerprint density at radius 1 is 1.23 bits per heavy atom. The van der Waals surface area contributed by atoms with Crippen molar-refractivity contribution < 1.29 is 15.0 Å². The monoisotopic (exact) mass is 298 g/mol. The molecule has 1 fully saturated rings. The number of pyridine rings is 1. The molecule has 1 saturated carbocycles. The van der Waals surface area contributed by atoms with Crippen LogP contribution in [0, 0.1) is 5.41 Å². The Bertz CT molecular complexity index is 675. The Morgan fingerprint density at radius 2 is 2.00 bits per heavy atom. The molecule has 3 rings (SSSR count). The zero-order valence-corrected chi connectivity index (χ0v) is 12.1. The molecule has 1 heterocycles. The molecule has 5 heteroatoms. The smallest absolute Gasteiger partial charge is 0.354 e. The third kappa shape index (κ3) is 2.80. The zero-order chi connectivity index (χ0) is 15.6. The fourth-order valence-corrected chi connectivity index (χ4v) is 2.85. The minimum absolute atomic E-state index is 0.0125. The number of aromatic nitrogens is 1. The summed E-state index contributed by atoms with van der Waals surface area (Å²) in [5.41, 5.74) is 1.05. The van der Waals surface area contributed by atoms with Crippen molar-refractivity contribution in [2.45, 2.75) is 12.3 Å². The molecule has 0 aliphatic heterocycles. The predicted molar refractivity (Wildman–Crippen MR) is 83.0 cm³/mol. The minimum Gasteiger partial charge on any atom is -0.477 e. The van der Waals surface area contributed by atoms with Gasteiger partial charge in [0, 0.05) is 12.0 Å². The highest BCUT2D eigenvalue weighted by molar-refractivity contribution is 5.85. The predicted octanol–water partition coefficient (Wildman–Crippen LogP) is 2.36. The molecule has 0 radical (unpaired) electrons. The lowest BCUT2D eigenvalue weighted by Crippen LogP contribution is -2.22. The Kier molecular flexibility index (Phi) is 3.81. The van der Waals surface area contributed by atoms with Crippen molar-refractivity contribution >= 4 is 11.8 Å². The Morgan fingerprint density at radius 3 is 2.68 bits per heavy atom. The van der Waals surface area contributed by atoms with Gasteiger partial charge < -0.3 is 15.5 Å². The van der Waals surface area contributed by atoms with E-state index >= 15 is 0 Å². The first-order valence-electron chi connectivity index (χ1n) is 7.25. The van der Waals surface area contributed by atoms with E-state index in [1.807, 2.05) is 18.2 Å². The van der Waals surface area contributed by atoms with E-state index < -0.39 is 5.97 Å². The van der Waals surface area contributed by atoms with Crippen LogP contribution >= 0.6 is 0 Å². The number of rotatable bonds is 6. The average Bonchev–Trinajstić information content (AvgIpc) is 3.29. The summed E-state index contributed by atoms with van der Waals surface area (Å²) in [6.07, 6.45) is 0.916. The standard InChI is InChI=1S/C17H18N2O3/c20-11-17(9-13(17)12-5-2-1-3-6-12)10-18-15-8-4-7-14(19-15)16(21)22/h1-8,13,20H,9-11H2,(H,18,19)(H,21,22). The number of aromatic carboxylic acids is 1. The van der Waals surface area contributed by atoms with E-state index in [4.69, 9.17) is 5.11 Å². The van der Waals surface area contributed by atoms with Crippen LogP contribution in [0.3, 0.4) is 0 Å². The highest BCUT2D eigenvalue weighted by Gasteiger charge is 2.54. The first-order chi connectivity index (χ1) is 10.6. The summed E-state index contributed by atoms with van der Waals surface area (Å²) in [6.45, 7) is 0.664. The average molecular weight is 298 g/mol. The SMILES string of the molecule is O=C(O)c1cccc(NCC2(CO)CC2c2ccccc2)n1. The fourth-order valence-electron chi connectivity index (χ4n) is 2.85. The van der Waals surface area contributed by atoms with Gasteiger partial charge in [0.1, 0.15) is 5.82 Å². The maximum Gasteiger partial charge on any atom is 0.354 e. The molecule has 22 heavy (non-hydrogen) atoms. The molecule has 0 amide bonds. The summed E-state index contributed by atoms with van der Waals surface area (Å²) in [6, 6.07) is 15.0. The van der Waals surface area contributed by atoms with Crippen LogP contribution in [-0.4, -0.2) is 34.3 Å². The third-order valence-corrected chi connectivity index (χ3v) is 4.30. The first kappa shape index (κ1) is 14.5. The normalized spacial score (nSPS) is 23.0. The summed E-state index contributed by atoms with van der Waals surface area (Å²) in [5, 5.41) is 21.9. The van der Waals surface area contributed by atoms with Crippen molar-refractivity contribution in [1.82, 2.24) is 4.98 Å². The number of hydrogen-bond acceptors (Lipinski definition) is 4. The fraction of sp³-hybridized carbons (Fsp3) is 0.294. The summed E-state index contributed by atoms with van der Waals surface area (Å²) in [7, 11) is 0. The number of nitrogens with one attached hydrogen (secondary N) is 1. The molecule has 114 valence electrons. The largest absolute Gasteiger partial charge is 0.477 e. The Balaban J connectivity index is 1.68. The maximum absolute atomic E-state index is 10.9. The van der Waals surface area contributed by atoms with Crippen molar-refractivity contribution in [3.05, 3.63) is 59.8 Å². The van der Waals surface area contributed by atoms with Crippen molar-refractivity contribution in [1.29, 1.82) is 0 Å². The number of carboxylic acid groups (broad SMARTS) is 1. The molecule has 1 aromatic carbocycles. The van der Waals surface area contributed by atoms with E-state index in [2.05, 4.69) is 22.4 Å². The van der Waals surface area contributed by atoms with Gasteiger partial charge in [0.05, 0.1) is 6.61 Å². The molecule has 0 saturated heterocycles. The number of carbonyl (C=O) groups is 1. The van der Waals surface area contributed by atoms with Crippen LogP contribution in [0.4, 0.5) is 5.82 Å². The van der Waals surface area contributed by atoms with E-state index in [1.165, 1.54) is 11.6 Å². The van der Waals surface area contributed by atoms with E-state index in [0.29, 0.717) is 18.3 Å². The molecular formula is C17H18N2O3. The van der Waals surface area contributed by atoms with Crippen LogP contribution < -0.4 is 5.32 Å². The molecule has 1 aliphatic rings. The summed E-state index contributed by atoms with van der Waals surface area (Å²) < 4.78 is 0. The molecule has 5 nitrogen and oxygen atoms in total. The van der Waals surface area contributed by atoms with Gasteiger partial charge in [0.2, 0.25) is 0 Å². The lowest BCUT2D eigenvalue weighted by molar-refractivity contribution is 0.0690. The topological polar surface area (TPSA) is 82.5 Å². The summed E-state index contributed by atoms with van der Waals surface area (Å²) in [4.78, 5) is 15.0. The van der Waals surface area contributed by atoms with Gasteiger partial charge >= 0.3 is 5.97 Å². The molecule has 3 N–H and O–H groups in total. The van der Waals surface area contributed by atoms with Gasteiger partial charge in [-0.1, -0.05) is 36.4 Å². The summed E-state index contributed by atoms with van der Waals surface area (Å²) >= 11 is 0. The third-order valence-electron chi connectivity index (χ3n) is 4.30. The van der Waals surface area contributed by atoms with Crippen molar-refractivity contribution in [3.8, 4) is 0 Å². The Labute approximate surface area is 128 Å². The van der Waals surface area contributed by atoms with Gasteiger partial charge in [-0.25, -0.2) is 9.78 Å². The van der Waals surface area contributed by atoms with Crippen LogP contribution in [0.2, 0.25) is 0 Å². The molecule has 0 bridgehead atoms. The van der Waals surface area contributed by atoms with Gasteiger partial charge in [0.15, 0.2) is 5.69 Å². The minimum atomic E-state index is -1.05. The van der Waals surface area contributed by atoms with Crippen molar-refractivity contribution in [2.24, 2.45) is 5.41 Å². The van der Waals surface area contributed by atoms with Gasteiger partial charge in [-0.2, -0.15) is 0 Å². The molecule has 2 atom stereocenters. The second-order valence-electron chi connectivity index (χ2n) is 5.75. The molecule has 1 aliphatic carbocycles. The molecule has 1 aromatic heterocycles. The number of aliphatic hydroxyl groups is 1. The van der Waals surface area contributed by atoms with Crippen molar-refractivity contribution in [2.75, 3.05) is 18.5 Å². The number of carboxylic acids is 1. The second kappa shape index (κ2) is 5.77. The summed E-state index contributed by atoms with van der Waals surface area (Å²) in [5.74, 6) is -0.200. The first-order valence-corrected chi connectivity index (χ1v) is 7.25. The maximum atomic E-state index is 10.9. The lowest BCUT2D eigenvalue weighted by atomic mass is 10.00. The van der Waals surface area contributed by atoms with E-state index in [9.17, 15) is 9.90 Å². The van der Waals surface area contributed by atoms with Gasteiger partial charge in [-0.05, 0) is 30.0 Å². The molecule has 2 aromatic rings. The molecular weight excluding hydrogens is 280 g/mol. The highest BCUT2D eigenvalue weighted by Crippen LogP contribution is 2.58. The Hall–Kier alpha value is -2.40. The van der Waals surface area contributed by atoms with Crippen LogP contribution in [0.25, 0.3) is 0 Å². The van der Waals surface area contributed by atoms with E-state index in [-0.39, 0.29) is 17.7 Å². The number of nitrogens with zero attached hydrogens (tertiary/aromatic N) is 1. The van der Waals surface area contributed by atoms with Crippen LogP contribution in [0.5, 0.6) is 0 Å². The van der Waals surface area contributed by atoms with E-state index in [1.54, 1.807) is 12.1 Å². The van der Waals surface area contributed by atoms with Crippen molar-refractivity contribution in [3.63, 3.8) is 0 Å². The van der Waals surface area contributed by atoms with E-state index in [0.717, 1.165) is 6.42 Å². The van der Waals surface area contributed by atoms with Crippen LogP contribution in [-0.2, 0) is 0 Å². The molecule has 2 unspecified atom stereocenters. The van der Waals surface area contributed by atoms with Crippen LogP contribution in [0.1, 0.15) is 28.4 Å². The number of anilines is 1. The zero-order valence-electron chi connectivity index (χ0n) is 12.1.